The predicted molar refractivity (Wildman–Crippen MR) is 129 cm³/mol. The van der Waals surface area contributed by atoms with E-state index < -0.39 is 6.04 Å². The van der Waals surface area contributed by atoms with Gasteiger partial charge in [0, 0.05) is 36.0 Å². The van der Waals surface area contributed by atoms with Crippen LogP contribution < -0.4 is 10.2 Å². The Balaban J connectivity index is 1.58. The number of hydrogen-bond donors (Lipinski definition) is 1. The number of amides is 2. The van der Waals surface area contributed by atoms with Gasteiger partial charge in [-0.2, -0.15) is 0 Å². The normalized spacial score (nSPS) is 16.2. The Hall–Kier alpha value is -2.32. The van der Waals surface area contributed by atoms with E-state index in [-0.39, 0.29) is 18.4 Å². The number of nitrogens with one attached hydrogen (secondary N) is 1. The van der Waals surface area contributed by atoms with Gasteiger partial charge in [-0.1, -0.05) is 40.9 Å². The molecule has 32 heavy (non-hydrogen) atoms. The average Bonchev–Trinajstić information content (AvgIpc) is 3.32. The zero-order valence-electron chi connectivity index (χ0n) is 16.8. The molecule has 0 unspecified atom stereocenters. The van der Waals surface area contributed by atoms with Gasteiger partial charge in [0.25, 0.3) is 5.91 Å². The number of anilines is 1. The number of pyridine rings is 1. The van der Waals surface area contributed by atoms with E-state index in [1.165, 1.54) is 12.4 Å². The Bertz CT molecular complexity index is 1130. The van der Waals surface area contributed by atoms with Gasteiger partial charge in [0.1, 0.15) is 6.04 Å². The standard InChI is InChI=1S/C22H19Cl3N4O2S/c23-17-5-6-26-12-16(17)22(31)28-7-8-29(14-3-4-18(24)19(25)10-14)20(13-28)21(30)27-11-15-2-1-9-32-15/h1-6,9-10,12,20H,7-8,11,13H2,(H,27,30)/t20-/m0/s1. The van der Waals surface area contributed by atoms with Crippen LogP contribution in [0.5, 0.6) is 0 Å². The minimum Gasteiger partial charge on any atom is -0.356 e. The van der Waals surface area contributed by atoms with E-state index in [0.717, 1.165) is 10.6 Å². The van der Waals surface area contributed by atoms with E-state index in [0.29, 0.717) is 40.3 Å². The van der Waals surface area contributed by atoms with Crippen LogP contribution in [0.1, 0.15) is 15.2 Å². The number of nitrogens with zero attached hydrogens (tertiary/aromatic N) is 3. The van der Waals surface area contributed by atoms with Gasteiger partial charge in [-0.05, 0) is 35.7 Å². The minimum absolute atomic E-state index is 0.181. The third-order valence-electron chi connectivity index (χ3n) is 5.22. The first kappa shape index (κ1) is 22.9. The van der Waals surface area contributed by atoms with Gasteiger partial charge in [0.05, 0.1) is 33.7 Å². The van der Waals surface area contributed by atoms with Crippen molar-refractivity contribution in [2.45, 2.75) is 12.6 Å². The molecule has 0 bridgehead atoms. The molecule has 0 saturated carbocycles. The number of carbonyl (C=O) groups excluding carboxylic acids is 2. The molecule has 1 atom stereocenters. The molecule has 1 aliphatic heterocycles. The van der Waals surface area contributed by atoms with E-state index in [2.05, 4.69) is 10.3 Å². The highest BCUT2D eigenvalue weighted by Crippen LogP contribution is 2.30. The van der Waals surface area contributed by atoms with Gasteiger partial charge in [-0.3, -0.25) is 14.6 Å². The number of aromatic nitrogens is 1. The summed E-state index contributed by atoms with van der Waals surface area (Å²) in [6.07, 6.45) is 2.98. The molecule has 1 fully saturated rings. The van der Waals surface area contributed by atoms with Crippen molar-refractivity contribution in [2.75, 3.05) is 24.5 Å². The summed E-state index contributed by atoms with van der Waals surface area (Å²) in [7, 11) is 0. The van der Waals surface area contributed by atoms with E-state index in [4.69, 9.17) is 34.8 Å². The summed E-state index contributed by atoms with van der Waals surface area (Å²) in [5, 5.41) is 6.12. The fourth-order valence-corrected chi connectivity index (χ4v) is 4.70. The maximum atomic E-state index is 13.2. The Morgan fingerprint density at radius 2 is 1.94 bits per heavy atom. The first-order chi connectivity index (χ1) is 15.4. The quantitative estimate of drug-likeness (QED) is 0.539. The second-order valence-corrected chi connectivity index (χ2v) is 9.47. The highest BCUT2D eigenvalue weighted by Gasteiger charge is 2.35. The third kappa shape index (κ3) is 5.02. The zero-order valence-corrected chi connectivity index (χ0v) is 19.9. The number of rotatable bonds is 5. The molecular formula is C22H19Cl3N4O2S. The van der Waals surface area contributed by atoms with Crippen LogP contribution in [0.2, 0.25) is 15.1 Å². The predicted octanol–water partition coefficient (Wildman–Crippen LogP) is 4.75. The van der Waals surface area contributed by atoms with Crippen LogP contribution in [-0.4, -0.2) is 47.4 Å². The Morgan fingerprint density at radius 3 is 2.66 bits per heavy atom. The van der Waals surface area contributed by atoms with Crippen molar-refractivity contribution in [1.29, 1.82) is 0 Å². The van der Waals surface area contributed by atoms with Crippen molar-refractivity contribution in [1.82, 2.24) is 15.2 Å². The van der Waals surface area contributed by atoms with E-state index in [1.807, 2.05) is 28.5 Å². The van der Waals surface area contributed by atoms with Crippen molar-refractivity contribution in [3.63, 3.8) is 0 Å². The molecule has 1 saturated heterocycles. The second kappa shape index (κ2) is 10.1. The van der Waals surface area contributed by atoms with Crippen molar-refractivity contribution in [3.8, 4) is 0 Å². The molecule has 2 aromatic heterocycles. The lowest BCUT2D eigenvalue weighted by atomic mass is 10.1. The van der Waals surface area contributed by atoms with Gasteiger partial charge in [-0.15, -0.1) is 11.3 Å². The van der Waals surface area contributed by atoms with Gasteiger partial charge in [0.15, 0.2) is 0 Å². The maximum absolute atomic E-state index is 13.2. The first-order valence-electron chi connectivity index (χ1n) is 9.84. The van der Waals surface area contributed by atoms with Gasteiger partial charge >= 0.3 is 0 Å². The number of carbonyl (C=O) groups is 2. The van der Waals surface area contributed by atoms with Crippen LogP contribution in [0, 0.1) is 0 Å². The molecule has 2 amide bonds. The molecular weight excluding hydrogens is 491 g/mol. The van der Waals surface area contributed by atoms with Gasteiger partial charge in [-0.25, -0.2) is 0 Å². The summed E-state index contributed by atoms with van der Waals surface area (Å²) in [5.74, 6) is -0.438. The molecule has 4 rings (SSSR count). The minimum atomic E-state index is -0.611. The van der Waals surface area contributed by atoms with Crippen molar-refractivity contribution < 1.29 is 9.59 Å². The van der Waals surface area contributed by atoms with Gasteiger partial charge < -0.3 is 15.1 Å². The topological polar surface area (TPSA) is 65.5 Å². The van der Waals surface area contributed by atoms with Crippen LogP contribution in [0.3, 0.4) is 0 Å². The number of halogens is 3. The maximum Gasteiger partial charge on any atom is 0.257 e. The number of hydrogen-bond acceptors (Lipinski definition) is 5. The molecule has 1 aliphatic rings. The highest BCUT2D eigenvalue weighted by molar-refractivity contribution is 7.09. The summed E-state index contributed by atoms with van der Waals surface area (Å²) in [4.78, 5) is 34.9. The lowest BCUT2D eigenvalue weighted by molar-refractivity contribution is -0.123. The van der Waals surface area contributed by atoms with Crippen LogP contribution in [0.4, 0.5) is 5.69 Å². The SMILES string of the molecule is O=C(NCc1cccs1)[C@@H]1CN(C(=O)c2cnccc2Cl)CCN1c1ccc(Cl)c(Cl)c1. The number of thiophene rings is 1. The molecule has 3 heterocycles. The van der Waals surface area contributed by atoms with Crippen molar-refractivity contribution in [3.05, 3.63) is 79.7 Å². The summed E-state index contributed by atoms with van der Waals surface area (Å²) in [5.41, 5.74) is 1.08. The second-order valence-electron chi connectivity index (χ2n) is 7.21. The molecule has 166 valence electrons. The fraction of sp³-hybridized carbons (Fsp3) is 0.227. The molecule has 10 heteroatoms. The molecule has 1 N–H and O–H groups in total. The molecule has 1 aromatic carbocycles. The summed E-state index contributed by atoms with van der Waals surface area (Å²) in [6, 6.07) is 10.1. The highest BCUT2D eigenvalue weighted by atomic mass is 35.5. The summed E-state index contributed by atoms with van der Waals surface area (Å²) < 4.78 is 0. The Kier molecular flexibility index (Phi) is 7.20. The van der Waals surface area contributed by atoms with Crippen LogP contribution in [0.15, 0.2) is 54.2 Å². The van der Waals surface area contributed by atoms with Gasteiger partial charge in [0.2, 0.25) is 5.91 Å². The molecule has 0 aliphatic carbocycles. The smallest absolute Gasteiger partial charge is 0.257 e. The van der Waals surface area contributed by atoms with Crippen LogP contribution in [-0.2, 0) is 11.3 Å². The zero-order chi connectivity index (χ0) is 22.7. The van der Waals surface area contributed by atoms with Crippen molar-refractivity contribution >= 4 is 63.6 Å². The van der Waals surface area contributed by atoms with E-state index >= 15 is 0 Å². The van der Waals surface area contributed by atoms with Crippen molar-refractivity contribution in [2.24, 2.45) is 0 Å². The van der Waals surface area contributed by atoms with Crippen LogP contribution >= 0.6 is 46.1 Å². The van der Waals surface area contributed by atoms with E-state index in [1.54, 1.807) is 34.4 Å². The molecule has 6 nitrogen and oxygen atoms in total. The largest absolute Gasteiger partial charge is 0.356 e. The fourth-order valence-electron chi connectivity index (χ4n) is 3.57. The average molecular weight is 510 g/mol. The lowest BCUT2D eigenvalue weighted by Crippen LogP contribution is -2.60. The van der Waals surface area contributed by atoms with Crippen LogP contribution in [0.25, 0.3) is 0 Å². The molecule has 0 spiro atoms. The monoisotopic (exact) mass is 508 g/mol. The summed E-state index contributed by atoms with van der Waals surface area (Å²) >= 11 is 20.1. The molecule has 0 radical (unpaired) electrons. The first-order valence-corrected chi connectivity index (χ1v) is 11.9. The molecule has 3 aromatic rings. The number of piperazine rings is 1. The van der Waals surface area contributed by atoms with E-state index in [9.17, 15) is 9.59 Å². The third-order valence-corrected chi connectivity index (χ3v) is 7.17. The summed E-state index contributed by atoms with van der Waals surface area (Å²) in [6.45, 7) is 1.48. The lowest BCUT2D eigenvalue weighted by Gasteiger charge is -2.42. The Labute approximate surface area is 204 Å². The Morgan fingerprint density at radius 1 is 1.09 bits per heavy atom. The number of benzene rings is 1.